The highest BCUT2D eigenvalue weighted by molar-refractivity contribution is 6.04. The third kappa shape index (κ3) is 29.5. The number of nitrogens with zero attached hydrogens (tertiary/aromatic N) is 1. The van der Waals surface area contributed by atoms with Crippen LogP contribution in [0.1, 0.15) is 303 Å². The van der Waals surface area contributed by atoms with Gasteiger partial charge in [0.2, 0.25) is 0 Å². The van der Waals surface area contributed by atoms with Gasteiger partial charge in [-0.2, -0.15) is 0 Å². The molecule has 1 saturated heterocycles. The number of hydrogen-bond donors (Lipinski definition) is 5. The maximum Gasteiger partial charge on any atom is 0.350 e. The number of unbranched alkanes of at least 4 members (excludes halogenated alkanes) is 30. The molecule has 0 saturated carbocycles. The predicted molar refractivity (Wildman–Crippen MR) is 425 cm³/mol. The first-order valence-electron chi connectivity index (χ1n) is 40.9. The zero-order valence-corrected chi connectivity index (χ0v) is 64.6. The maximum atomic E-state index is 13.5. The van der Waals surface area contributed by atoms with Crippen LogP contribution in [0, 0.1) is 10.8 Å². The number of benzene rings is 6. The lowest BCUT2D eigenvalue weighted by atomic mass is 9.77. The molecule has 0 radical (unpaired) electrons. The van der Waals surface area contributed by atoms with E-state index in [1.807, 2.05) is 36.4 Å². The van der Waals surface area contributed by atoms with Crippen LogP contribution in [0.2, 0.25) is 0 Å². The Hall–Kier alpha value is -8.80. The number of amides is 2. The molecule has 6 aromatic rings. The van der Waals surface area contributed by atoms with Crippen LogP contribution in [0.15, 0.2) is 182 Å². The average molecular weight is 1500 g/mol. The Labute approximate surface area is 647 Å². The van der Waals surface area contributed by atoms with E-state index in [9.17, 15) is 53.7 Å². The lowest BCUT2D eigenvalue weighted by molar-refractivity contribution is -0.208. The molecule has 0 aliphatic carbocycles. The van der Waals surface area contributed by atoms with Gasteiger partial charge >= 0.3 is 35.8 Å². The number of hydrogen-bond acceptors (Lipinski definition) is 11. The molecule has 2 amide bonds. The molecular weight excluding hydrogens is 1380 g/mol. The van der Waals surface area contributed by atoms with Crippen molar-refractivity contribution in [1.82, 2.24) is 5.06 Å². The van der Waals surface area contributed by atoms with Gasteiger partial charge in [0.1, 0.15) is 11.2 Å². The van der Waals surface area contributed by atoms with Crippen LogP contribution in [0.3, 0.4) is 0 Å². The van der Waals surface area contributed by atoms with Gasteiger partial charge in [-0.3, -0.25) is 33.6 Å². The van der Waals surface area contributed by atoms with Crippen LogP contribution in [0.25, 0.3) is 0 Å². The summed E-state index contributed by atoms with van der Waals surface area (Å²) in [6.07, 6.45) is 31.6. The Balaban J connectivity index is 0.000000344. The van der Waals surface area contributed by atoms with Crippen LogP contribution in [-0.2, 0) is 63.9 Å². The Bertz CT molecular complexity index is 3330. The van der Waals surface area contributed by atoms with Crippen molar-refractivity contribution < 1.29 is 78.2 Å². The molecule has 592 valence electrons. The van der Waals surface area contributed by atoms with Crippen molar-refractivity contribution in [2.24, 2.45) is 10.8 Å². The fourth-order valence-electron chi connectivity index (χ4n) is 15.2. The second-order valence-electron chi connectivity index (χ2n) is 29.6. The summed E-state index contributed by atoms with van der Waals surface area (Å²) in [5.74, 6) is -7.56. The zero-order chi connectivity index (χ0) is 78.1. The van der Waals surface area contributed by atoms with E-state index in [0.717, 1.165) is 213 Å². The molecular formula is C92H123NO16. The predicted octanol–water partition coefficient (Wildman–Crippen LogP) is 21.6. The Morgan fingerprint density at radius 2 is 0.477 bits per heavy atom. The number of ether oxygens (including phenoxy) is 2. The SMILES string of the molecule is O=C(O)CCCCCCCCCCC(CCCCCCCCCCCOC(c1ccccc1)(c1ccccc1)c1ccccc1)(C(=O)O)C(=O)O.O=C(O)CCCCCCCCCCC(CCCCCCCCCCCOC(c1ccccc1)(c1ccccc1)c1ccccc1)(C(=O)O)C(=O)ON1C(=O)CCC1=O. The largest absolute Gasteiger partial charge is 0.481 e. The minimum absolute atomic E-state index is 0.0618. The van der Waals surface area contributed by atoms with Gasteiger partial charge in [0.25, 0.3) is 11.8 Å². The first-order valence-corrected chi connectivity index (χ1v) is 40.9. The summed E-state index contributed by atoms with van der Waals surface area (Å²) in [6, 6.07) is 62.6. The molecule has 6 aromatic carbocycles. The first-order chi connectivity index (χ1) is 53.0. The highest BCUT2D eigenvalue weighted by Crippen LogP contribution is 2.43. The Morgan fingerprint density at radius 3 is 0.697 bits per heavy atom. The second-order valence-corrected chi connectivity index (χ2v) is 29.6. The molecule has 5 N–H and O–H groups in total. The molecule has 1 fully saturated rings. The van der Waals surface area contributed by atoms with Gasteiger partial charge < -0.3 is 39.8 Å². The van der Waals surface area contributed by atoms with Crippen LogP contribution < -0.4 is 0 Å². The zero-order valence-electron chi connectivity index (χ0n) is 64.6. The Morgan fingerprint density at radius 1 is 0.275 bits per heavy atom. The molecule has 1 heterocycles. The molecule has 1 aliphatic heterocycles. The molecule has 1 aliphatic rings. The summed E-state index contributed by atoms with van der Waals surface area (Å²) in [7, 11) is 0. The summed E-state index contributed by atoms with van der Waals surface area (Å²) >= 11 is 0. The topological polar surface area (TPSA) is 269 Å². The molecule has 109 heavy (non-hydrogen) atoms. The van der Waals surface area contributed by atoms with Gasteiger partial charge in [0.05, 0.1) is 0 Å². The number of rotatable bonds is 59. The van der Waals surface area contributed by atoms with Crippen molar-refractivity contribution in [3.8, 4) is 0 Å². The molecule has 0 aromatic heterocycles. The number of carboxylic acids is 5. The van der Waals surface area contributed by atoms with Gasteiger partial charge in [0, 0.05) is 38.9 Å². The van der Waals surface area contributed by atoms with E-state index in [2.05, 4.69) is 146 Å². The smallest absolute Gasteiger partial charge is 0.350 e. The Kier molecular flexibility index (Phi) is 41.5. The van der Waals surface area contributed by atoms with Crippen molar-refractivity contribution in [2.45, 2.75) is 281 Å². The minimum atomic E-state index is -1.83. The van der Waals surface area contributed by atoms with E-state index in [0.29, 0.717) is 56.8 Å². The van der Waals surface area contributed by atoms with Gasteiger partial charge in [-0.25, -0.2) is 4.79 Å². The molecule has 7 rings (SSSR count). The normalized spacial score (nSPS) is 13.0. The average Bonchev–Trinajstić information content (AvgIpc) is 1.12. The van der Waals surface area contributed by atoms with E-state index in [-0.39, 0.29) is 51.4 Å². The van der Waals surface area contributed by atoms with Crippen molar-refractivity contribution in [3.63, 3.8) is 0 Å². The highest BCUT2D eigenvalue weighted by atomic mass is 16.7. The van der Waals surface area contributed by atoms with Crippen molar-refractivity contribution in [3.05, 3.63) is 215 Å². The monoisotopic (exact) mass is 1500 g/mol. The van der Waals surface area contributed by atoms with E-state index in [1.54, 1.807) is 0 Å². The third-order valence-electron chi connectivity index (χ3n) is 21.5. The first kappa shape index (κ1) is 89.1. The number of hydroxylamine groups is 2. The molecule has 1 unspecified atom stereocenters. The molecule has 1 atom stereocenters. The van der Waals surface area contributed by atoms with Crippen molar-refractivity contribution in [2.75, 3.05) is 13.2 Å². The van der Waals surface area contributed by atoms with Gasteiger partial charge in [0.15, 0.2) is 10.8 Å². The summed E-state index contributed by atoms with van der Waals surface area (Å²) in [5, 5.41) is 48.1. The number of carbonyl (C=O) groups is 8. The quantitative estimate of drug-likeness (QED) is 0.0103. The lowest BCUT2D eigenvalue weighted by Crippen LogP contribution is -2.45. The van der Waals surface area contributed by atoms with Crippen molar-refractivity contribution in [1.29, 1.82) is 0 Å². The van der Waals surface area contributed by atoms with Gasteiger partial charge in [-0.15, -0.1) is 5.06 Å². The maximum absolute atomic E-state index is 13.5. The summed E-state index contributed by atoms with van der Waals surface area (Å²) in [4.78, 5) is 101. The fourth-order valence-corrected chi connectivity index (χ4v) is 15.2. The molecule has 17 heteroatoms. The van der Waals surface area contributed by atoms with Gasteiger partial charge in [-0.05, 0) is 84.7 Å². The second kappa shape index (κ2) is 50.8. The van der Waals surface area contributed by atoms with Crippen LogP contribution in [-0.4, -0.2) is 91.4 Å². The minimum Gasteiger partial charge on any atom is -0.481 e. The van der Waals surface area contributed by atoms with E-state index >= 15 is 0 Å². The lowest BCUT2D eigenvalue weighted by Gasteiger charge is -2.36. The number of carbonyl (C=O) groups excluding carboxylic acids is 3. The number of carboxylic acid groups (broad SMARTS) is 5. The van der Waals surface area contributed by atoms with Crippen LogP contribution in [0.4, 0.5) is 0 Å². The molecule has 0 bridgehead atoms. The fraction of sp³-hybridized carbons (Fsp3) is 0.522. The standard InChI is InChI=1S/C48H63NO9.C44H60O7/c50-42-34-35-43(51)49(42)58-46(56)47(45(54)55,37-25-12-8-4-2-6-10-23-33-44(52)53)36-24-11-7-3-1-5-9-13-26-38-57-48(39-27-17-14-18-28-39,40-29-19-15-20-30-40)41-31-21-16-22-32-41;45-40(46)33-23-10-6-2-4-8-12-25-35-43(41(47)48,42(49)50)34-24-11-7-3-1-5-9-13-26-36-51-44(37-27-17-14-18-28-37,38-29-19-15-20-30-38)39-31-21-16-22-32-39/h14-22,27-32H,1-13,23-26,33-38H2,(H,52,53)(H,54,55);14-22,27-32H,1-13,23-26,33-36H2,(H,45,46)(H,47,48)(H,49,50). The number of aliphatic carboxylic acids is 5. The number of imide groups is 1. The van der Waals surface area contributed by atoms with E-state index < -0.39 is 69.7 Å². The van der Waals surface area contributed by atoms with Gasteiger partial charge in [-0.1, -0.05) is 375 Å². The molecule has 17 nitrogen and oxygen atoms in total. The third-order valence-corrected chi connectivity index (χ3v) is 21.5. The van der Waals surface area contributed by atoms with E-state index in [4.69, 9.17) is 24.5 Å². The van der Waals surface area contributed by atoms with Crippen LogP contribution in [0.5, 0.6) is 0 Å². The summed E-state index contributed by atoms with van der Waals surface area (Å²) in [6.45, 7) is 1.26. The highest BCUT2D eigenvalue weighted by Gasteiger charge is 2.50. The van der Waals surface area contributed by atoms with Crippen molar-refractivity contribution >= 4 is 47.6 Å². The van der Waals surface area contributed by atoms with E-state index in [1.165, 1.54) is 0 Å². The summed E-state index contributed by atoms with van der Waals surface area (Å²) < 4.78 is 13.8. The van der Waals surface area contributed by atoms with Crippen LogP contribution >= 0.6 is 0 Å². The summed E-state index contributed by atoms with van der Waals surface area (Å²) in [5.41, 5.74) is 1.69. The molecule has 0 spiro atoms.